The van der Waals surface area contributed by atoms with Crippen LogP contribution in [0.3, 0.4) is 0 Å². The smallest absolute Gasteiger partial charge is 0.417 e. The van der Waals surface area contributed by atoms with E-state index in [0.717, 1.165) is 5.39 Å². The quantitative estimate of drug-likeness (QED) is 0.164. The molecule has 0 saturated heterocycles. The van der Waals surface area contributed by atoms with Crippen molar-refractivity contribution in [3.05, 3.63) is 82.7 Å². The van der Waals surface area contributed by atoms with Crippen molar-refractivity contribution in [1.29, 1.82) is 0 Å². The molecule has 196 valence electrons. The Kier molecular flexibility index (Phi) is 6.01. The van der Waals surface area contributed by atoms with Gasteiger partial charge in [0.1, 0.15) is 11.4 Å². The highest BCUT2D eigenvalue weighted by Crippen LogP contribution is 2.49. The number of rotatable bonds is 3. The normalized spacial score (nSPS) is 12.9. The highest BCUT2D eigenvalue weighted by atomic mass is 32.1. The number of nitrogens with zero attached hydrogens (tertiary/aromatic N) is 2. The molecule has 13 heteroatoms. The van der Waals surface area contributed by atoms with Crippen molar-refractivity contribution >= 4 is 32.9 Å². The fraction of sp³-hybridized carbons (Fsp3) is 0.120. The molecular formula is C25H11F9N2OS. The van der Waals surface area contributed by atoms with Gasteiger partial charge in [-0.3, -0.25) is 0 Å². The van der Waals surface area contributed by atoms with Crippen molar-refractivity contribution in [2.75, 3.05) is 0 Å². The maximum absolute atomic E-state index is 13.6. The number of aromatic nitrogens is 2. The van der Waals surface area contributed by atoms with Gasteiger partial charge in [0.2, 0.25) is 5.88 Å². The Labute approximate surface area is 211 Å². The van der Waals surface area contributed by atoms with Gasteiger partial charge in [-0.25, -0.2) is 0 Å². The topological polar surface area (TPSA) is 35.0 Å². The zero-order valence-corrected chi connectivity index (χ0v) is 19.3. The molecule has 0 aliphatic rings. The molecular weight excluding hydrogens is 547 g/mol. The molecule has 0 spiro atoms. The Morgan fingerprint density at radius 2 is 1.21 bits per heavy atom. The van der Waals surface area contributed by atoms with Crippen LogP contribution in [-0.4, -0.2) is 10.2 Å². The van der Waals surface area contributed by atoms with Gasteiger partial charge in [-0.15, -0.1) is 21.5 Å². The van der Waals surface area contributed by atoms with Crippen molar-refractivity contribution in [3.8, 4) is 22.2 Å². The van der Waals surface area contributed by atoms with Crippen LogP contribution in [-0.2, 0) is 18.5 Å². The van der Waals surface area contributed by atoms with Gasteiger partial charge in [0.05, 0.1) is 21.6 Å². The first-order valence-corrected chi connectivity index (χ1v) is 11.4. The highest BCUT2D eigenvalue weighted by Gasteiger charge is 2.50. The number of hydrogen-bond donors (Lipinski definition) is 0. The first kappa shape index (κ1) is 25.8. The van der Waals surface area contributed by atoms with E-state index in [1.54, 1.807) is 53.9 Å². The summed E-state index contributed by atoms with van der Waals surface area (Å²) in [6.07, 6.45) is -17.5. The summed E-state index contributed by atoms with van der Waals surface area (Å²) in [7, 11) is 0. The van der Waals surface area contributed by atoms with Gasteiger partial charge >= 0.3 is 18.5 Å². The van der Waals surface area contributed by atoms with E-state index in [2.05, 4.69) is 10.2 Å². The first-order chi connectivity index (χ1) is 17.7. The average molecular weight is 558 g/mol. The van der Waals surface area contributed by atoms with Crippen LogP contribution in [0.4, 0.5) is 39.5 Å². The summed E-state index contributed by atoms with van der Waals surface area (Å²) in [5.41, 5.74) is -7.53. The first-order valence-electron chi connectivity index (χ1n) is 10.5. The monoisotopic (exact) mass is 558 g/mol. The summed E-state index contributed by atoms with van der Waals surface area (Å²) in [5.74, 6) is -1.61. The van der Waals surface area contributed by atoms with Gasteiger partial charge in [0, 0.05) is 10.8 Å². The van der Waals surface area contributed by atoms with E-state index in [1.165, 1.54) is 11.3 Å². The Balaban J connectivity index is 1.75. The van der Waals surface area contributed by atoms with Gasteiger partial charge in [0.15, 0.2) is 0 Å². The number of thiophene rings is 1. The number of hydrogen-bond acceptors (Lipinski definition) is 4. The molecule has 5 aromatic rings. The Bertz CT molecular complexity index is 1620. The average Bonchev–Trinajstić information content (AvgIpc) is 3.35. The summed E-state index contributed by atoms with van der Waals surface area (Å²) in [5, 5.41) is 11.7. The van der Waals surface area contributed by atoms with Crippen molar-refractivity contribution < 1.29 is 44.3 Å². The minimum Gasteiger partial charge on any atom is -0.437 e. The molecule has 0 aliphatic carbocycles. The van der Waals surface area contributed by atoms with Crippen molar-refractivity contribution in [1.82, 2.24) is 10.2 Å². The number of ether oxygens (including phenoxy) is 1. The molecule has 0 radical (unpaired) electrons. The van der Waals surface area contributed by atoms with E-state index in [1.807, 2.05) is 0 Å². The molecule has 0 fully saturated rings. The molecule has 0 unspecified atom stereocenters. The van der Waals surface area contributed by atoms with Crippen LogP contribution in [0.15, 0.2) is 66.0 Å². The van der Waals surface area contributed by atoms with E-state index in [4.69, 9.17) is 4.74 Å². The predicted molar refractivity (Wildman–Crippen MR) is 122 cm³/mol. The van der Waals surface area contributed by atoms with E-state index < -0.39 is 46.8 Å². The molecule has 2 aromatic heterocycles. The third-order valence-electron chi connectivity index (χ3n) is 5.59. The molecule has 2 heterocycles. The maximum atomic E-state index is 13.6. The lowest BCUT2D eigenvalue weighted by atomic mass is 9.98. The van der Waals surface area contributed by atoms with Crippen LogP contribution < -0.4 is 4.74 Å². The van der Waals surface area contributed by atoms with E-state index >= 15 is 0 Å². The van der Waals surface area contributed by atoms with Gasteiger partial charge in [0.25, 0.3) is 0 Å². The van der Waals surface area contributed by atoms with Gasteiger partial charge in [-0.1, -0.05) is 30.3 Å². The van der Waals surface area contributed by atoms with Crippen LogP contribution in [0.1, 0.15) is 16.7 Å². The second-order valence-electron chi connectivity index (χ2n) is 8.06. The van der Waals surface area contributed by atoms with E-state index in [9.17, 15) is 39.5 Å². The third kappa shape index (κ3) is 4.73. The second kappa shape index (κ2) is 8.86. The lowest BCUT2D eigenvalue weighted by Gasteiger charge is -2.22. The van der Waals surface area contributed by atoms with Crippen LogP contribution in [0.5, 0.6) is 11.6 Å². The molecule has 0 aliphatic heterocycles. The molecule has 0 N–H and O–H groups in total. The summed E-state index contributed by atoms with van der Waals surface area (Å²) in [6, 6.07) is 13.5. The molecule has 3 aromatic carbocycles. The number of halogens is 9. The van der Waals surface area contributed by atoms with Gasteiger partial charge < -0.3 is 4.74 Å². The van der Waals surface area contributed by atoms with E-state index in [0.29, 0.717) is 21.3 Å². The standard InChI is InChI=1S/C25H11F9N2OS/c26-23(27,28)17-10-14(11-18(24(29,30)31)20(17)25(32,33)34)37-22-16-9-13-5-2-1-4-12(13)8-15(16)21(35-36-22)19-6-3-7-38-19/h1-11H. The number of benzene rings is 3. The molecule has 0 saturated carbocycles. The fourth-order valence-corrected chi connectivity index (χ4v) is 4.75. The zero-order chi connectivity index (χ0) is 27.5. The molecule has 0 amide bonds. The maximum Gasteiger partial charge on any atom is 0.417 e. The minimum atomic E-state index is -5.94. The van der Waals surface area contributed by atoms with Gasteiger partial charge in [-0.2, -0.15) is 39.5 Å². The summed E-state index contributed by atoms with van der Waals surface area (Å²) < 4.78 is 127. The predicted octanol–water partition coefficient (Wildman–Crippen LogP) is 9.36. The largest absolute Gasteiger partial charge is 0.437 e. The zero-order valence-electron chi connectivity index (χ0n) is 18.5. The number of fused-ring (bicyclic) bond motifs is 2. The van der Waals surface area contributed by atoms with Crippen LogP contribution in [0.2, 0.25) is 0 Å². The summed E-state index contributed by atoms with van der Waals surface area (Å²) in [6.45, 7) is 0. The Hall–Kier alpha value is -3.87. The van der Waals surface area contributed by atoms with Crippen molar-refractivity contribution in [2.24, 2.45) is 0 Å². The molecule has 0 atom stereocenters. The van der Waals surface area contributed by atoms with Gasteiger partial charge in [-0.05, 0) is 46.5 Å². The minimum absolute atomic E-state index is 0.125. The highest BCUT2D eigenvalue weighted by molar-refractivity contribution is 7.13. The van der Waals surface area contributed by atoms with Crippen LogP contribution >= 0.6 is 11.3 Å². The van der Waals surface area contributed by atoms with Crippen LogP contribution in [0, 0.1) is 0 Å². The van der Waals surface area contributed by atoms with Crippen LogP contribution in [0.25, 0.3) is 32.1 Å². The lowest BCUT2D eigenvalue weighted by Crippen LogP contribution is -2.23. The summed E-state index contributed by atoms with van der Waals surface area (Å²) in [4.78, 5) is 0.678. The number of alkyl halides is 9. The molecule has 38 heavy (non-hydrogen) atoms. The Morgan fingerprint density at radius 1 is 0.632 bits per heavy atom. The lowest BCUT2D eigenvalue weighted by molar-refractivity contribution is -0.174. The SMILES string of the molecule is FC(F)(F)c1cc(Oc2nnc(-c3cccs3)c3cc4ccccc4cc23)cc(C(F)(F)F)c1C(F)(F)F. The summed E-state index contributed by atoms with van der Waals surface area (Å²) >= 11 is 1.32. The Morgan fingerprint density at radius 3 is 1.71 bits per heavy atom. The molecule has 0 bridgehead atoms. The van der Waals surface area contributed by atoms with Crippen molar-refractivity contribution in [2.45, 2.75) is 18.5 Å². The van der Waals surface area contributed by atoms with Crippen molar-refractivity contribution in [3.63, 3.8) is 0 Å². The fourth-order valence-electron chi connectivity index (χ4n) is 4.03. The second-order valence-corrected chi connectivity index (χ2v) is 9.01. The third-order valence-corrected chi connectivity index (χ3v) is 6.46. The molecule has 3 nitrogen and oxygen atoms in total. The molecule has 5 rings (SSSR count). The van der Waals surface area contributed by atoms with E-state index in [-0.39, 0.29) is 17.5 Å².